The summed E-state index contributed by atoms with van der Waals surface area (Å²) >= 11 is 0. The lowest BCUT2D eigenvalue weighted by atomic mass is 10.2. The zero-order valence-corrected chi connectivity index (χ0v) is 12.2. The van der Waals surface area contributed by atoms with Crippen molar-refractivity contribution in [3.05, 3.63) is 23.7 Å². The summed E-state index contributed by atoms with van der Waals surface area (Å²) in [5.41, 5.74) is -0.432. The van der Waals surface area contributed by atoms with Gasteiger partial charge in [0.2, 0.25) is 0 Å². The van der Waals surface area contributed by atoms with Gasteiger partial charge < -0.3 is 9.15 Å². The van der Waals surface area contributed by atoms with Crippen LogP contribution in [0.1, 0.15) is 51.6 Å². The molecule has 0 bridgehead atoms. The molecule has 1 aromatic heterocycles. The van der Waals surface area contributed by atoms with Crippen LogP contribution >= 0.6 is 0 Å². The molecule has 4 nitrogen and oxygen atoms in total. The van der Waals surface area contributed by atoms with E-state index in [1.807, 2.05) is 32.9 Å². The summed E-state index contributed by atoms with van der Waals surface area (Å²) < 4.78 is 11.0. The molecule has 0 radical (unpaired) electrons. The number of rotatable bonds is 5. The van der Waals surface area contributed by atoms with Crippen molar-refractivity contribution in [2.45, 2.75) is 52.2 Å². The highest BCUT2D eigenvalue weighted by atomic mass is 16.6. The molecule has 1 fully saturated rings. The summed E-state index contributed by atoms with van der Waals surface area (Å²) in [6, 6.07) is 4.02. The van der Waals surface area contributed by atoms with Gasteiger partial charge in [0, 0.05) is 5.92 Å². The number of hydrogen-bond donors (Lipinski definition) is 1. The lowest BCUT2D eigenvalue weighted by Crippen LogP contribution is -2.31. The second kappa shape index (κ2) is 5.37. The minimum atomic E-state index is -0.432. The van der Waals surface area contributed by atoms with Crippen molar-refractivity contribution in [1.82, 2.24) is 5.32 Å². The molecule has 0 aliphatic heterocycles. The van der Waals surface area contributed by atoms with E-state index < -0.39 is 5.60 Å². The number of esters is 1. The molecule has 1 heterocycles. The molecule has 19 heavy (non-hydrogen) atoms. The fraction of sp³-hybridized carbons (Fsp3) is 0.667. The lowest BCUT2D eigenvalue weighted by molar-refractivity contribution is -0.153. The standard InChI is InChI=1S/C15H23NO3/c1-10-7-12(10)13-6-5-11(18-13)8-16-9-14(17)19-15(2,3)4/h5-6,10,12,16H,7-9H2,1-4H3. The zero-order valence-electron chi connectivity index (χ0n) is 12.2. The molecule has 4 heteroatoms. The Bertz CT molecular complexity index is 444. The Hall–Kier alpha value is -1.29. The van der Waals surface area contributed by atoms with E-state index in [0.29, 0.717) is 12.5 Å². The maximum atomic E-state index is 11.5. The lowest BCUT2D eigenvalue weighted by Gasteiger charge is -2.19. The smallest absolute Gasteiger partial charge is 0.320 e. The van der Waals surface area contributed by atoms with Crippen LogP contribution in [0.5, 0.6) is 0 Å². The molecule has 1 saturated carbocycles. The first-order chi connectivity index (χ1) is 8.85. The largest absolute Gasteiger partial charge is 0.464 e. The number of carbonyl (C=O) groups excluding carboxylic acids is 1. The molecular formula is C15H23NO3. The van der Waals surface area contributed by atoms with Crippen LogP contribution in [0.3, 0.4) is 0 Å². The normalized spacial score (nSPS) is 22.3. The maximum Gasteiger partial charge on any atom is 0.320 e. The fourth-order valence-electron chi connectivity index (χ4n) is 2.07. The average molecular weight is 265 g/mol. The van der Waals surface area contributed by atoms with Crippen LogP contribution in [0.25, 0.3) is 0 Å². The van der Waals surface area contributed by atoms with Gasteiger partial charge in [0.15, 0.2) is 0 Å². The number of hydrogen-bond acceptors (Lipinski definition) is 4. The SMILES string of the molecule is CC1CC1c1ccc(CNCC(=O)OC(C)(C)C)o1. The van der Waals surface area contributed by atoms with Crippen molar-refractivity contribution in [2.24, 2.45) is 5.92 Å². The van der Waals surface area contributed by atoms with Gasteiger partial charge in [-0.3, -0.25) is 10.1 Å². The van der Waals surface area contributed by atoms with Crippen molar-refractivity contribution in [3.63, 3.8) is 0 Å². The van der Waals surface area contributed by atoms with Gasteiger partial charge in [-0.2, -0.15) is 0 Å². The molecular weight excluding hydrogens is 242 g/mol. The van der Waals surface area contributed by atoms with Gasteiger partial charge in [0.05, 0.1) is 13.1 Å². The van der Waals surface area contributed by atoms with Gasteiger partial charge >= 0.3 is 5.97 Å². The number of nitrogens with one attached hydrogen (secondary N) is 1. The summed E-state index contributed by atoms with van der Waals surface area (Å²) in [5.74, 6) is 3.04. The minimum Gasteiger partial charge on any atom is -0.464 e. The van der Waals surface area contributed by atoms with Crippen molar-refractivity contribution in [1.29, 1.82) is 0 Å². The number of carbonyl (C=O) groups is 1. The predicted octanol–water partition coefficient (Wildman–Crippen LogP) is 2.83. The minimum absolute atomic E-state index is 0.202. The first kappa shape index (κ1) is 14.1. The molecule has 0 spiro atoms. The van der Waals surface area contributed by atoms with E-state index in [1.54, 1.807) is 0 Å². The van der Waals surface area contributed by atoms with E-state index in [1.165, 1.54) is 6.42 Å². The first-order valence-corrected chi connectivity index (χ1v) is 6.86. The summed E-state index contributed by atoms with van der Waals surface area (Å²) in [6.45, 7) is 8.57. The molecule has 0 saturated heterocycles. The molecule has 1 aliphatic rings. The van der Waals surface area contributed by atoms with Gasteiger partial charge in [-0.05, 0) is 45.2 Å². The highest BCUT2D eigenvalue weighted by Gasteiger charge is 2.36. The van der Waals surface area contributed by atoms with Crippen molar-refractivity contribution >= 4 is 5.97 Å². The Morgan fingerprint density at radius 1 is 1.47 bits per heavy atom. The van der Waals surface area contributed by atoms with Gasteiger partial charge in [-0.1, -0.05) is 6.92 Å². The zero-order chi connectivity index (χ0) is 14.0. The molecule has 2 rings (SSSR count). The summed E-state index contributed by atoms with van der Waals surface area (Å²) in [6.07, 6.45) is 1.22. The third-order valence-corrected chi connectivity index (χ3v) is 3.15. The second-order valence-electron chi connectivity index (χ2n) is 6.31. The van der Waals surface area contributed by atoms with Gasteiger partial charge in [0.1, 0.15) is 17.1 Å². The Labute approximate surface area is 114 Å². The molecule has 1 N–H and O–H groups in total. The number of furan rings is 1. The van der Waals surface area contributed by atoms with Gasteiger partial charge in [-0.15, -0.1) is 0 Å². The van der Waals surface area contributed by atoms with E-state index in [-0.39, 0.29) is 12.5 Å². The molecule has 0 amide bonds. The van der Waals surface area contributed by atoms with Crippen LogP contribution in [-0.4, -0.2) is 18.1 Å². The molecule has 0 aromatic carbocycles. The van der Waals surface area contributed by atoms with E-state index in [0.717, 1.165) is 17.4 Å². The van der Waals surface area contributed by atoms with Crippen LogP contribution < -0.4 is 5.32 Å². The van der Waals surface area contributed by atoms with Crippen LogP contribution in [0.4, 0.5) is 0 Å². The van der Waals surface area contributed by atoms with Crippen LogP contribution in [0, 0.1) is 5.92 Å². The third kappa shape index (κ3) is 4.39. The Kier molecular flexibility index (Phi) is 3.99. The van der Waals surface area contributed by atoms with Gasteiger partial charge in [-0.25, -0.2) is 0 Å². The molecule has 106 valence electrons. The fourth-order valence-corrected chi connectivity index (χ4v) is 2.07. The molecule has 2 atom stereocenters. The van der Waals surface area contributed by atoms with Crippen LogP contribution in [0.15, 0.2) is 16.5 Å². The highest BCUT2D eigenvalue weighted by molar-refractivity contribution is 5.72. The van der Waals surface area contributed by atoms with E-state index in [4.69, 9.17) is 9.15 Å². The van der Waals surface area contributed by atoms with Crippen molar-refractivity contribution < 1.29 is 13.9 Å². The first-order valence-electron chi connectivity index (χ1n) is 6.86. The van der Waals surface area contributed by atoms with Crippen LogP contribution in [0.2, 0.25) is 0 Å². The summed E-state index contributed by atoms with van der Waals surface area (Å²) in [5, 5.41) is 3.04. The van der Waals surface area contributed by atoms with Crippen molar-refractivity contribution in [3.8, 4) is 0 Å². The summed E-state index contributed by atoms with van der Waals surface area (Å²) in [7, 11) is 0. The molecule has 2 unspecified atom stereocenters. The maximum absolute atomic E-state index is 11.5. The summed E-state index contributed by atoms with van der Waals surface area (Å²) in [4.78, 5) is 11.5. The van der Waals surface area contributed by atoms with E-state index >= 15 is 0 Å². The van der Waals surface area contributed by atoms with E-state index in [2.05, 4.69) is 12.2 Å². The average Bonchev–Trinajstić information content (AvgIpc) is 2.82. The quantitative estimate of drug-likeness (QED) is 0.832. The Balaban J connectivity index is 1.71. The molecule has 1 aromatic rings. The molecule has 1 aliphatic carbocycles. The third-order valence-electron chi connectivity index (χ3n) is 3.15. The monoisotopic (exact) mass is 265 g/mol. The van der Waals surface area contributed by atoms with Crippen LogP contribution in [-0.2, 0) is 16.1 Å². The Morgan fingerprint density at radius 3 is 2.74 bits per heavy atom. The van der Waals surface area contributed by atoms with Crippen molar-refractivity contribution in [2.75, 3.05) is 6.54 Å². The Morgan fingerprint density at radius 2 is 2.16 bits per heavy atom. The van der Waals surface area contributed by atoms with Gasteiger partial charge in [0.25, 0.3) is 0 Å². The van der Waals surface area contributed by atoms with E-state index in [9.17, 15) is 4.79 Å². The second-order valence-corrected chi connectivity index (χ2v) is 6.31. The number of ether oxygens (including phenoxy) is 1. The predicted molar refractivity (Wildman–Crippen MR) is 72.8 cm³/mol. The topological polar surface area (TPSA) is 51.5 Å². The highest BCUT2D eigenvalue weighted by Crippen LogP contribution is 2.47.